The number of alkyl halides is 3. The van der Waals surface area contributed by atoms with Gasteiger partial charge in [0.1, 0.15) is 5.82 Å². The molecule has 1 aromatic carbocycles. The Morgan fingerprint density at radius 1 is 1.18 bits per heavy atom. The zero-order chi connectivity index (χ0) is 20.3. The predicted octanol–water partition coefficient (Wildman–Crippen LogP) is 3.90. The van der Waals surface area contributed by atoms with Crippen molar-refractivity contribution in [1.29, 1.82) is 0 Å². The Bertz CT molecular complexity index is 821. The summed E-state index contributed by atoms with van der Waals surface area (Å²) in [5, 5.41) is 3.23. The molecule has 1 aliphatic heterocycles. The molecule has 1 fully saturated rings. The fourth-order valence-corrected chi connectivity index (χ4v) is 3.20. The number of hydrogen-bond acceptors (Lipinski definition) is 4. The largest absolute Gasteiger partial charge is 0.416 e. The van der Waals surface area contributed by atoms with E-state index in [1.165, 1.54) is 12.3 Å². The second kappa shape index (κ2) is 8.36. The first kappa shape index (κ1) is 20.4. The van der Waals surface area contributed by atoms with Crippen LogP contribution in [0.3, 0.4) is 0 Å². The van der Waals surface area contributed by atoms with Crippen LogP contribution in [-0.2, 0) is 11.0 Å². The molecule has 0 bridgehead atoms. The van der Waals surface area contributed by atoms with Crippen molar-refractivity contribution in [1.82, 2.24) is 9.88 Å². The van der Waals surface area contributed by atoms with Crippen LogP contribution in [0, 0.1) is 0 Å². The summed E-state index contributed by atoms with van der Waals surface area (Å²) in [6, 6.07) is 8.20. The lowest BCUT2D eigenvalue weighted by Gasteiger charge is -2.38. The molecule has 0 spiro atoms. The SMILES string of the molecule is CC(C(=O)Nc1ccc(Cl)cn1)N1CCN(c2cccc(C(F)(F)F)c2)CC1. The van der Waals surface area contributed by atoms with E-state index in [1.54, 1.807) is 25.1 Å². The van der Waals surface area contributed by atoms with Gasteiger partial charge in [-0.3, -0.25) is 9.69 Å². The maximum atomic E-state index is 12.9. The molecule has 0 aliphatic carbocycles. The molecule has 1 aliphatic rings. The molecule has 2 heterocycles. The minimum absolute atomic E-state index is 0.192. The average Bonchev–Trinajstić information content (AvgIpc) is 2.69. The molecule has 2 aromatic rings. The van der Waals surface area contributed by atoms with Gasteiger partial charge in [-0.15, -0.1) is 0 Å². The monoisotopic (exact) mass is 412 g/mol. The van der Waals surface area contributed by atoms with Gasteiger partial charge in [-0.25, -0.2) is 4.98 Å². The molecule has 1 aromatic heterocycles. The van der Waals surface area contributed by atoms with E-state index >= 15 is 0 Å². The average molecular weight is 413 g/mol. The van der Waals surface area contributed by atoms with E-state index in [9.17, 15) is 18.0 Å². The number of benzene rings is 1. The molecule has 150 valence electrons. The number of hydrogen-bond donors (Lipinski definition) is 1. The van der Waals surface area contributed by atoms with Gasteiger partial charge < -0.3 is 10.2 Å². The highest BCUT2D eigenvalue weighted by Gasteiger charge is 2.31. The Morgan fingerprint density at radius 3 is 2.50 bits per heavy atom. The van der Waals surface area contributed by atoms with E-state index in [0.717, 1.165) is 12.1 Å². The summed E-state index contributed by atoms with van der Waals surface area (Å²) in [6.45, 7) is 4.01. The highest BCUT2D eigenvalue weighted by Crippen LogP contribution is 2.32. The number of halogens is 4. The van der Waals surface area contributed by atoms with Gasteiger partial charge in [0, 0.05) is 38.1 Å². The molecule has 1 amide bonds. The van der Waals surface area contributed by atoms with Crippen molar-refractivity contribution in [2.45, 2.75) is 19.1 Å². The van der Waals surface area contributed by atoms with Crippen LogP contribution in [0.25, 0.3) is 0 Å². The quantitative estimate of drug-likeness (QED) is 0.827. The fraction of sp³-hybridized carbons (Fsp3) is 0.368. The summed E-state index contributed by atoms with van der Waals surface area (Å²) in [7, 11) is 0. The van der Waals surface area contributed by atoms with Gasteiger partial charge in [0.25, 0.3) is 0 Å². The molecule has 1 atom stereocenters. The normalized spacial score (nSPS) is 16.7. The van der Waals surface area contributed by atoms with Crippen LogP contribution in [0.1, 0.15) is 12.5 Å². The Balaban J connectivity index is 1.57. The van der Waals surface area contributed by atoms with Crippen molar-refractivity contribution in [2.75, 3.05) is 36.4 Å². The van der Waals surface area contributed by atoms with E-state index in [4.69, 9.17) is 11.6 Å². The van der Waals surface area contributed by atoms with Crippen molar-refractivity contribution in [3.8, 4) is 0 Å². The Kier molecular flexibility index (Phi) is 6.10. The van der Waals surface area contributed by atoms with Crippen molar-refractivity contribution < 1.29 is 18.0 Å². The van der Waals surface area contributed by atoms with E-state index in [-0.39, 0.29) is 11.9 Å². The Hall–Kier alpha value is -2.32. The number of carbonyl (C=O) groups excluding carboxylic acids is 1. The third kappa shape index (κ3) is 4.94. The maximum absolute atomic E-state index is 12.9. The Morgan fingerprint density at radius 2 is 1.89 bits per heavy atom. The number of anilines is 2. The first-order chi connectivity index (χ1) is 13.2. The van der Waals surface area contributed by atoms with Crippen LogP contribution in [0.15, 0.2) is 42.6 Å². The van der Waals surface area contributed by atoms with E-state index in [1.807, 2.05) is 9.80 Å². The van der Waals surface area contributed by atoms with Crippen molar-refractivity contribution >= 4 is 29.0 Å². The van der Waals surface area contributed by atoms with Crippen LogP contribution in [0.4, 0.5) is 24.7 Å². The van der Waals surface area contributed by atoms with E-state index in [2.05, 4.69) is 10.3 Å². The lowest BCUT2D eigenvalue weighted by atomic mass is 10.1. The van der Waals surface area contributed by atoms with Gasteiger partial charge in [0.15, 0.2) is 0 Å². The topological polar surface area (TPSA) is 48.5 Å². The third-order valence-corrected chi connectivity index (χ3v) is 4.98. The van der Waals surface area contributed by atoms with Gasteiger partial charge in [0.2, 0.25) is 5.91 Å². The van der Waals surface area contributed by atoms with Crippen molar-refractivity contribution in [3.63, 3.8) is 0 Å². The minimum atomic E-state index is -4.36. The molecule has 0 saturated carbocycles. The first-order valence-corrected chi connectivity index (χ1v) is 9.20. The van der Waals surface area contributed by atoms with Gasteiger partial charge in [-0.05, 0) is 37.3 Å². The van der Waals surface area contributed by atoms with Crippen LogP contribution in [0.5, 0.6) is 0 Å². The van der Waals surface area contributed by atoms with Gasteiger partial charge in [-0.2, -0.15) is 13.2 Å². The summed E-state index contributed by atoms with van der Waals surface area (Å²) in [4.78, 5) is 20.4. The molecule has 3 rings (SSSR count). The standard InChI is InChI=1S/C19H20ClF3N4O/c1-13(18(28)25-17-6-5-15(20)12-24-17)26-7-9-27(10-8-26)16-4-2-3-14(11-16)19(21,22)23/h2-6,11-13H,7-10H2,1H3,(H,24,25,28). The van der Waals surface area contributed by atoms with Crippen LogP contribution in [0.2, 0.25) is 5.02 Å². The molecule has 9 heteroatoms. The first-order valence-electron chi connectivity index (χ1n) is 8.83. The summed E-state index contributed by atoms with van der Waals surface area (Å²) < 4.78 is 38.7. The second-order valence-electron chi connectivity index (χ2n) is 6.60. The molecular weight excluding hydrogens is 393 g/mol. The number of amides is 1. The van der Waals surface area contributed by atoms with E-state index < -0.39 is 11.7 Å². The lowest BCUT2D eigenvalue weighted by molar-refractivity contribution is -0.137. The molecule has 1 N–H and O–H groups in total. The fourth-order valence-electron chi connectivity index (χ4n) is 3.09. The van der Waals surface area contributed by atoms with Crippen LogP contribution in [-0.4, -0.2) is 48.0 Å². The second-order valence-corrected chi connectivity index (χ2v) is 7.03. The number of carbonyl (C=O) groups is 1. The molecule has 1 saturated heterocycles. The Labute approximate surface area is 166 Å². The molecule has 5 nitrogen and oxygen atoms in total. The maximum Gasteiger partial charge on any atom is 0.416 e. The third-order valence-electron chi connectivity index (χ3n) is 4.76. The van der Waals surface area contributed by atoms with Gasteiger partial charge in [-0.1, -0.05) is 17.7 Å². The summed E-state index contributed by atoms with van der Waals surface area (Å²) in [5.74, 6) is 0.228. The van der Waals surface area contributed by atoms with Gasteiger partial charge >= 0.3 is 6.18 Å². The van der Waals surface area contributed by atoms with Gasteiger partial charge in [0.05, 0.1) is 16.6 Å². The molecule has 0 radical (unpaired) electrons. The lowest BCUT2D eigenvalue weighted by Crippen LogP contribution is -2.52. The zero-order valence-corrected chi connectivity index (χ0v) is 16.0. The van der Waals surface area contributed by atoms with E-state index in [0.29, 0.717) is 42.7 Å². The molecular formula is C19H20ClF3N4O. The highest BCUT2D eigenvalue weighted by molar-refractivity contribution is 6.30. The highest BCUT2D eigenvalue weighted by atomic mass is 35.5. The predicted molar refractivity (Wildman–Crippen MR) is 103 cm³/mol. The zero-order valence-electron chi connectivity index (χ0n) is 15.2. The summed E-state index contributed by atoms with van der Waals surface area (Å²) >= 11 is 5.78. The summed E-state index contributed by atoms with van der Waals surface area (Å²) in [6.07, 6.45) is -2.91. The smallest absolute Gasteiger partial charge is 0.369 e. The van der Waals surface area contributed by atoms with Crippen LogP contribution >= 0.6 is 11.6 Å². The van der Waals surface area contributed by atoms with Crippen LogP contribution < -0.4 is 10.2 Å². The molecule has 28 heavy (non-hydrogen) atoms. The minimum Gasteiger partial charge on any atom is -0.369 e. The number of aromatic nitrogens is 1. The number of nitrogens with one attached hydrogen (secondary N) is 1. The number of piperazine rings is 1. The van der Waals surface area contributed by atoms with Crippen molar-refractivity contribution in [3.05, 3.63) is 53.2 Å². The number of pyridine rings is 1. The molecule has 1 unspecified atom stereocenters. The number of rotatable bonds is 4. The summed E-state index contributed by atoms with van der Waals surface area (Å²) in [5.41, 5.74) is -0.118. The van der Waals surface area contributed by atoms with Crippen molar-refractivity contribution in [2.24, 2.45) is 0 Å². The number of nitrogens with zero attached hydrogens (tertiary/aromatic N) is 3.